The van der Waals surface area contributed by atoms with Crippen molar-refractivity contribution in [2.45, 2.75) is 25.3 Å². The van der Waals surface area contributed by atoms with Gasteiger partial charge in [-0.2, -0.15) is 0 Å². The topological polar surface area (TPSA) is 73.2 Å². The molecule has 1 unspecified atom stereocenters. The van der Waals surface area contributed by atoms with Crippen LogP contribution in [0.3, 0.4) is 0 Å². The minimum Gasteiger partial charge on any atom is -0.477 e. The molecule has 1 atom stereocenters. The molecule has 1 aromatic carbocycles. The first-order chi connectivity index (χ1) is 10.9. The van der Waals surface area contributed by atoms with E-state index in [4.69, 9.17) is 45.3 Å². The molecule has 0 aliphatic heterocycles. The molecule has 0 saturated heterocycles. The van der Waals surface area contributed by atoms with Crippen LogP contribution in [0.1, 0.15) is 19.3 Å². The van der Waals surface area contributed by atoms with E-state index < -0.39 is 5.97 Å². The van der Waals surface area contributed by atoms with E-state index in [1.807, 2.05) is 6.08 Å². The highest BCUT2D eigenvalue weighted by atomic mass is 35.5. The average Bonchev–Trinajstić information content (AvgIpc) is 2.49. The molecule has 1 aliphatic carbocycles. The van der Waals surface area contributed by atoms with Crippen molar-refractivity contribution in [2.75, 3.05) is 5.32 Å². The molecule has 1 aromatic rings. The fraction of sp³-hybridized carbons (Fsp3) is 0.250. The van der Waals surface area contributed by atoms with Gasteiger partial charge in [0.2, 0.25) is 0 Å². The van der Waals surface area contributed by atoms with E-state index in [1.54, 1.807) is 24.3 Å². The number of aliphatic carboxylic acids is 1. The number of hydrogen-bond acceptors (Lipinski definition) is 3. The average molecular weight is 374 g/mol. The third-order valence-electron chi connectivity index (χ3n) is 3.51. The molecular weight excluding hydrogens is 359 g/mol. The number of anilines is 1. The summed E-state index contributed by atoms with van der Waals surface area (Å²) in [7, 11) is 0. The smallest absolute Gasteiger partial charge is 0.349 e. The maximum Gasteiger partial charge on any atom is 0.349 e. The molecule has 0 fully saturated rings. The van der Waals surface area contributed by atoms with E-state index in [9.17, 15) is 4.79 Å². The zero-order chi connectivity index (χ0) is 17.0. The Balaban J connectivity index is 2.26. The molecule has 0 saturated carbocycles. The van der Waals surface area contributed by atoms with Crippen molar-refractivity contribution in [1.82, 2.24) is 0 Å². The Morgan fingerprint density at radius 1 is 1.26 bits per heavy atom. The lowest BCUT2D eigenvalue weighted by Gasteiger charge is -2.25. The van der Waals surface area contributed by atoms with Crippen LogP contribution in [-0.4, -0.2) is 22.8 Å². The highest BCUT2D eigenvalue weighted by Crippen LogP contribution is 2.30. The quantitative estimate of drug-likeness (QED) is 0.607. The number of nitrogens with one attached hydrogen (secondary N) is 2. The van der Waals surface area contributed by atoms with E-state index in [0.29, 0.717) is 28.6 Å². The summed E-state index contributed by atoms with van der Waals surface area (Å²) in [5.41, 5.74) is 1.25. The van der Waals surface area contributed by atoms with Crippen LogP contribution in [0.25, 0.3) is 0 Å². The third kappa shape index (κ3) is 4.99. The highest BCUT2D eigenvalue weighted by molar-refractivity contribution is 6.36. The van der Waals surface area contributed by atoms with E-state index in [-0.39, 0.29) is 18.2 Å². The van der Waals surface area contributed by atoms with Gasteiger partial charge in [-0.05, 0) is 42.7 Å². The lowest BCUT2D eigenvalue weighted by molar-refractivity contribution is -0.129. The van der Waals surface area contributed by atoms with Gasteiger partial charge in [-0.25, -0.2) is 4.79 Å². The maximum absolute atomic E-state index is 11.0. The van der Waals surface area contributed by atoms with Crippen molar-refractivity contribution in [3.63, 3.8) is 0 Å². The molecule has 2 rings (SSSR count). The lowest BCUT2D eigenvalue weighted by atomic mass is 9.93. The van der Waals surface area contributed by atoms with Gasteiger partial charge >= 0.3 is 5.97 Å². The standard InChI is InChI=1S/C16H15Cl3N2O2/c17-10-3-1-9(2-4-10)15(8-13(20)16(22)23)21-14-6-5-11(18)7-12(14)19/h1,3,5-7,15,20-21H,2,4,8H2,(H,22,23). The number of carboxylic acid groups (broad SMARTS) is 1. The summed E-state index contributed by atoms with van der Waals surface area (Å²) >= 11 is 18.0. The predicted molar refractivity (Wildman–Crippen MR) is 95.1 cm³/mol. The predicted octanol–water partition coefficient (Wildman–Crippen LogP) is 5.11. The molecule has 0 aromatic heterocycles. The summed E-state index contributed by atoms with van der Waals surface area (Å²) in [6.07, 6.45) is 5.10. The van der Waals surface area contributed by atoms with E-state index in [1.165, 1.54) is 0 Å². The van der Waals surface area contributed by atoms with Crippen LogP contribution in [0.4, 0.5) is 5.69 Å². The Morgan fingerprint density at radius 3 is 2.57 bits per heavy atom. The minimum atomic E-state index is -1.23. The Bertz CT molecular complexity index is 699. The fourth-order valence-corrected chi connectivity index (χ4v) is 2.90. The van der Waals surface area contributed by atoms with E-state index in [2.05, 4.69) is 5.32 Å². The summed E-state index contributed by atoms with van der Waals surface area (Å²) in [6, 6.07) is 4.69. The summed E-state index contributed by atoms with van der Waals surface area (Å²) in [6.45, 7) is 0. The van der Waals surface area contributed by atoms with Crippen LogP contribution in [0.15, 0.2) is 41.0 Å². The molecule has 3 N–H and O–H groups in total. The highest BCUT2D eigenvalue weighted by Gasteiger charge is 2.21. The van der Waals surface area contributed by atoms with Crippen molar-refractivity contribution < 1.29 is 9.90 Å². The van der Waals surface area contributed by atoms with Gasteiger partial charge in [-0.3, -0.25) is 5.41 Å². The molecule has 0 heterocycles. The first-order valence-electron chi connectivity index (χ1n) is 6.94. The number of rotatable bonds is 6. The van der Waals surface area contributed by atoms with Crippen LogP contribution < -0.4 is 5.32 Å². The zero-order valence-electron chi connectivity index (χ0n) is 12.1. The first kappa shape index (κ1) is 17.9. The second kappa shape index (κ2) is 7.86. The molecule has 0 radical (unpaired) electrons. The normalized spacial score (nSPS) is 15.4. The molecule has 0 spiro atoms. The van der Waals surface area contributed by atoms with Gasteiger partial charge in [0.15, 0.2) is 0 Å². The van der Waals surface area contributed by atoms with Gasteiger partial charge in [-0.15, -0.1) is 0 Å². The van der Waals surface area contributed by atoms with Crippen LogP contribution in [0, 0.1) is 5.41 Å². The largest absolute Gasteiger partial charge is 0.477 e. The summed E-state index contributed by atoms with van der Waals surface area (Å²) in [5, 5.41) is 21.5. The van der Waals surface area contributed by atoms with Crippen LogP contribution in [-0.2, 0) is 4.79 Å². The van der Waals surface area contributed by atoms with Gasteiger partial charge < -0.3 is 10.4 Å². The van der Waals surface area contributed by atoms with E-state index >= 15 is 0 Å². The second-order valence-electron chi connectivity index (χ2n) is 5.16. The molecule has 4 nitrogen and oxygen atoms in total. The number of carboxylic acids is 1. The Hall–Kier alpha value is -1.49. The molecule has 23 heavy (non-hydrogen) atoms. The molecule has 122 valence electrons. The first-order valence-corrected chi connectivity index (χ1v) is 8.07. The molecule has 0 amide bonds. The van der Waals surface area contributed by atoms with Crippen LogP contribution in [0.2, 0.25) is 10.0 Å². The zero-order valence-corrected chi connectivity index (χ0v) is 14.3. The number of benzene rings is 1. The van der Waals surface area contributed by atoms with Crippen molar-refractivity contribution in [3.05, 3.63) is 51.0 Å². The summed E-state index contributed by atoms with van der Waals surface area (Å²) < 4.78 is 0. The second-order valence-corrected chi connectivity index (χ2v) is 6.49. The number of carbonyl (C=O) groups is 1. The van der Waals surface area contributed by atoms with Gasteiger partial charge in [0.1, 0.15) is 5.71 Å². The van der Waals surface area contributed by atoms with Crippen LogP contribution in [0.5, 0.6) is 0 Å². The number of hydrogen-bond donors (Lipinski definition) is 3. The lowest BCUT2D eigenvalue weighted by Crippen LogP contribution is -2.29. The third-order valence-corrected chi connectivity index (χ3v) is 4.37. The van der Waals surface area contributed by atoms with Gasteiger partial charge in [0, 0.05) is 16.5 Å². The SMILES string of the molecule is N=C(CC(Nc1ccc(Cl)cc1Cl)C1=CC=C(Cl)CC1)C(=O)O. The van der Waals surface area contributed by atoms with Crippen LogP contribution >= 0.6 is 34.8 Å². The maximum atomic E-state index is 11.0. The Kier molecular flexibility index (Phi) is 6.10. The molecule has 7 heteroatoms. The van der Waals surface area contributed by atoms with Gasteiger partial charge in [0.05, 0.1) is 16.8 Å². The molecule has 1 aliphatic rings. The van der Waals surface area contributed by atoms with Crippen molar-refractivity contribution in [2.24, 2.45) is 0 Å². The van der Waals surface area contributed by atoms with Gasteiger partial charge in [-0.1, -0.05) is 40.9 Å². The molecule has 0 bridgehead atoms. The Morgan fingerprint density at radius 2 is 2.00 bits per heavy atom. The van der Waals surface area contributed by atoms with E-state index in [0.717, 1.165) is 10.6 Å². The number of halogens is 3. The van der Waals surface area contributed by atoms with Crippen molar-refractivity contribution >= 4 is 52.2 Å². The van der Waals surface area contributed by atoms with Gasteiger partial charge in [0.25, 0.3) is 0 Å². The monoisotopic (exact) mass is 372 g/mol. The fourth-order valence-electron chi connectivity index (χ4n) is 2.28. The van der Waals surface area contributed by atoms with Crippen molar-refractivity contribution in [1.29, 1.82) is 5.41 Å². The number of allylic oxidation sites excluding steroid dienone is 3. The molecular formula is C16H15Cl3N2O2. The summed E-state index contributed by atoms with van der Waals surface area (Å²) in [4.78, 5) is 11.0. The summed E-state index contributed by atoms with van der Waals surface area (Å²) in [5.74, 6) is -1.23. The Labute approximate surface area is 149 Å². The van der Waals surface area contributed by atoms with Crippen molar-refractivity contribution in [3.8, 4) is 0 Å². The minimum absolute atomic E-state index is 0.0472.